The number of aliphatic hydroxyl groups is 1. The lowest BCUT2D eigenvalue weighted by Gasteiger charge is -2.21. The van der Waals surface area contributed by atoms with Gasteiger partial charge >= 0.3 is 0 Å². The lowest BCUT2D eigenvalue weighted by molar-refractivity contribution is 0.156. The summed E-state index contributed by atoms with van der Waals surface area (Å²) in [5, 5.41) is 23.7. The number of hydrogen-bond acceptors (Lipinski definition) is 8. The Morgan fingerprint density at radius 1 is 1.29 bits per heavy atom. The highest BCUT2D eigenvalue weighted by Gasteiger charge is 2.16. The second-order valence-electron chi connectivity index (χ2n) is 7.33. The summed E-state index contributed by atoms with van der Waals surface area (Å²) in [7, 11) is 0. The van der Waals surface area contributed by atoms with E-state index in [1.807, 2.05) is 36.7 Å². The highest BCUT2D eigenvalue weighted by Crippen LogP contribution is 2.26. The molecule has 0 aromatic carbocycles. The number of aromatic nitrogens is 6. The van der Waals surface area contributed by atoms with E-state index >= 15 is 0 Å². The van der Waals surface area contributed by atoms with Crippen LogP contribution in [-0.2, 0) is 6.54 Å². The molecule has 10 heteroatoms. The summed E-state index contributed by atoms with van der Waals surface area (Å²) in [4.78, 5) is 8.94. The summed E-state index contributed by atoms with van der Waals surface area (Å²) < 4.78 is 6.44. The zero-order chi connectivity index (χ0) is 19.6. The monoisotopic (exact) mass is 398 g/mol. The van der Waals surface area contributed by atoms with Gasteiger partial charge in [0.15, 0.2) is 11.5 Å². The second-order valence-corrected chi connectivity index (χ2v) is 8.14. The van der Waals surface area contributed by atoms with Gasteiger partial charge in [-0.05, 0) is 17.6 Å². The average molecular weight is 398 g/mol. The van der Waals surface area contributed by atoms with Crippen LogP contribution in [0.4, 0.5) is 10.8 Å². The highest BCUT2D eigenvalue weighted by atomic mass is 32.1. The molecule has 0 saturated carbocycles. The zero-order valence-corrected chi connectivity index (χ0v) is 16.5. The number of fused-ring (bicyclic) bond motifs is 1. The van der Waals surface area contributed by atoms with Gasteiger partial charge in [-0.15, -0.1) is 0 Å². The maximum absolute atomic E-state index is 9.32. The SMILES string of the molecule is CC(C)(CO)CNCc1cc(Nc2nccn3c(-c4cn[nH]c4)cnc23)sn1. The van der Waals surface area contributed by atoms with Crippen LogP contribution in [-0.4, -0.2) is 47.2 Å². The van der Waals surface area contributed by atoms with Crippen molar-refractivity contribution in [2.45, 2.75) is 20.4 Å². The molecule has 4 aromatic rings. The lowest BCUT2D eigenvalue weighted by Crippen LogP contribution is -2.31. The third-order valence-electron chi connectivity index (χ3n) is 4.36. The van der Waals surface area contributed by atoms with E-state index in [1.54, 1.807) is 18.6 Å². The van der Waals surface area contributed by atoms with Gasteiger partial charge in [0.1, 0.15) is 5.00 Å². The number of hydrogen-bond donors (Lipinski definition) is 4. The molecule has 0 atom stereocenters. The summed E-state index contributed by atoms with van der Waals surface area (Å²) in [6.07, 6.45) is 9.01. The zero-order valence-electron chi connectivity index (χ0n) is 15.7. The second kappa shape index (κ2) is 7.66. The standard InChI is InChI=1S/C18H22N8OS/c1-18(2,11-27)10-19-8-13-5-15(28-25-13)24-16-17-21-9-14(12-6-22-23-7-12)26(17)4-3-20-16/h3-7,9,19,27H,8,10-11H2,1-2H3,(H,20,24)(H,22,23). The Bertz CT molecular complexity index is 1050. The first-order valence-electron chi connectivity index (χ1n) is 8.91. The summed E-state index contributed by atoms with van der Waals surface area (Å²) in [5.74, 6) is 0.668. The molecule has 9 nitrogen and oxygen atoms in total. The molecule has 4 rings (SSSR count). The molecule has 0 saturated heterocycles. The Morgan fingerprint density at radius 3 is 2.96 bits per heavy atom. The molecular weight excluding hydrogens is 376 g/mol. The minimum atomic E-state index is -0.149. The van der Waals surface area contributed by atoms with E-state index in [-0.39, 0.29) is 12.0 Å². The molecule has 4 aromatic heterocycles. The fourth-order valence-corrected chi connectivity index (χ4v) is 3.43. The lowest BCUT2D eigenvalue weighted by atomic mass is 9.95. The summed E-state index contributed by atoms with van der Waals surface area (Å²) >= 11 is 1.38. The fourth-order valence-electron chi connectivity index (χ4n) is 2.77. The van der Waals surface area contributed by atoms with Crippen molar-refractivity contribution < 1.29 is 5.11 Å². The summed E-state index contributed by atoms with van der Waals surface area (Å²) in [6, 6.07) is 1.99. The van der Waals surface area contributed by atoms with Crippen LogP contribution in [0.15, 0.2) is 37.1 Å². The van der Waals surface area contributed by atoms with Crippen molar-refractivity contribution in [3.05, 3.63) is 42.7 Å². The van der Waals surface area contributed by atoms with E-state index in [4.69, 9.17) is 0 Å². The number of anilines is 2. The number of nitrogens with zero attached hydrogens (tertiary/aromatic N) is 5. The molecule has 0 fully saturated rings. The normalized spacial score (nSPS) is 12.0. The van der Waals surface area contributed by atoms with Crippen LogP contribution >= 0.6 is 11.5 Å². The fraction of sp³-hybridized carbons (Fsp3) is 0.333. The molecule has 0 aliphatic heterocycles. The number of nitrogens with one attached hydrogen (secondary N) is 3. The van der Waals surface area contributed by atoms with Gasteiger partial charge in [-0.25, -0.2) is 9.97 Å². The Morgan fingerprint density at radius 2 is 2.18 bits per heavy atom. The molecule has 4 heterocycles. The van der Waals surface area contributed by atoms with Crippen molar-refractivity contribution in [2.24, 2.45) is 5.41 Å². The van der Waals surface area contributed by atoms with Crippen LogP contribution in [0.2, 0.25) is 0 Å². The van der Waals surface area contributed by atoms with Gasteiger partial charge < -0.3 is 15.7 Å². The molecule has 0 unspecified atom stereocenters. The van der Waals surface area contributed by atoms with Crippen molar-refractivity contribution in [1.29, 1.82) is 0 Å². The number of aliphatic hydroxyl groups excluding tert-OH is 1. The minimum absolute atomic E-state index is 0.144. The van der Waals surface area contributed by atoms with Crippen LogP contribution < -0.4 is 10.6 Å². The van der Waals surface area contributed by atoms with Crippen molar-refractivity contribution in [3.63, 3.8) is 0 Å². The predicted octanol–water partition coefficient (Wildman–Crippen LogP) is 2.43. The first-order valence-corrected chi connectivity index (χ1v) is 9.68. The van der Waals surface area contributed by atoms with Gasteiger partial charge in [-0.2, -0.15) is 9.47 Å². The molecule has 0 aliphatic carbocycles. The van der Waals surface area contributed by atoms with E-state index < -0.39 is 0 Å². The van der Waals surface area contributed by atoms with Gasteiger partial charge in [0.2, 0.25) is 0 Å². The van der Waals surface area contributed by atoms with E-state index in [0.717, 1.165) is 34.1 Å². The first-order chi connectivity index (χ1) is 13.6. The van der Waals surface area contributed by atoms with Gasteiger partial charge in [0.05, 0.1) is 23.8 Å². The minimum Gasteiger partial charge on any atom is -0.396 e. The number of rotatable bonds is 8. The van der Waals surface area contributed by atoms with Gasteiger partial charge in [-0.3, -0.25) is 9.50 Å². The molecule has 4 N–H and O–H groups in total. The first kappa shape index (κ1) is 18.5. The van der Waals surface area contributed by atoms with Gasteiger partial charge in [-0.1, -0.05) is 13.8 Å². The Labute approximate surface area is 166 Å². The Kier molecular flexibility index (Phi) is 5.07. The van der Waals surface area contributed by atoms with E-state index in [9.17, 15) is 5.11 Å². The van der Waals surface area contributed by atoms with Crippen molar-refractivity contribution in [2.75, 3.05) is 18.5 Å². The van der Waals surface area contributed by atoms with Crippen LogP contribution in [0.25, 0.3) is 16.9 Å². The maximum Gasteiger partial charge on any atom is 0.180 e. The van der Waals surface area contributed by atoms with Crippen molar-refractivity contribution in [1.82, 2.24) is 34.3 Å². The largest absolute Gasteiger partial charge is 0.396 e. The molecule has 146 valence electrons. The summed E-state index contributed by atoms with van der Waals surface area (Å²) in [5.41, 5.74) is 3.42. The number of aromatic amines is 1. The smallest absolute Gasteiger partial charge is 0.180 e. The molecule has 28 heavy (non-hydrogen) atoms. The van der Waals surface area contributed by atoms with E-state index in [2.05, 4.69) is 35.2 Å². The van der Waals surface area contributed by atoms with Crippen LogP contribution in [0.1, 0.15) is 19.5 Å². The molecule has 0 radical (unpaired) electrons. The van der Waals surface area contributed by atoms with Crippen LogP contribution in [0.3, 0.4) is 0 Å². The van der Waals surface area contributed by atoms with Crippen LogP contribution in [0, 0.1) is 5.41 Å². The topological polar surface area (TPSA) is 116 Å². The van der Waals surface area contributed by atoms with Crippen molar-refractivity contribution in [3.8, 4) is 11.3 Å². The van der Waals surface area contributed by atoms with E-state index in [0.29, 0.717) is 12.4 Å². The summed E-state index contributed by atoms with van der Waals surface area (Å²) in [6.45, 7) is 5.54. The molecule has 0 amide bonds. The van der Waals surface area contributed by atoms with Gasteiger partial charge in [0.25, 0.3) is 0 Å². The molecule has 0 aliphatic rings. The average Bonchev–Trinajstić information content (AvgIpc) is 3.42. The van der Waals surface area contributed by atoms with Gasteiger partial charge in [0, 0.05) is 49.3 Å². The Balaban J connectivity index is 1.48. The quantitative estimate of drug-likeness (QED) is 0.360. The Hall–Kier alpha value is -2.82. The predicted molar refractivity (Wildman–Crippen MR) is 109 cm³/mol. The molecule has 0 bridgehead atoms. The van der Waals surface area contributed by atoms with Crippen molar-refractivity contribution >= 4 is 28.0 Å². The maximum atomic E-state index is 9.32. The third-order valence-corrected chi connectivity index (χ3v) is 5.10. The number of H-pyrrole nitrogens is 1. The van der Waals surface area contributed by atoms with E-state index in [1.165, 1.54) is 11.5 Å². The van der Waals surface area contributed by atoms with Crippen LogP contribution in [0.5, 0.6) is 0 Å². The highest BCUT2D eigenvalue weighted by molar-refractivity contribution is 7.10. The number of imidazole rings is 1. The molecule has 0 spiro atoms. The third kappa shape index (κ3) is 3.88. The molecular formula is C18H22N8OS.